The number of nitrogens with one attached hydrogen (secondary N) is 1. The number of carbonyl (C=O) groups is 2. The van der Waals surface area contributed by atoms with Gasteiger partial charge in [0, 0.05) is 13.0 Å². The van der Waals surface area contributed by atoms with Crippen LogP contribution in [0.15, 0.2) is 30.5 Å². The number of carbonyl (C=O) groups excluding carboxylic acids is 2. The van der Waals surface area contributed by atoms with Crippen molar-refractivity contribution < 1.29 is 14.3 Å². The molecule has 0 atom stereocenters. The highest BCUT2D eigenvalue weighted by Crippen LogP contribution is 2.24. The molecule has 3 rings (SSSR count). The van der Waals surface area contributed by atoms with Gasteiger partial charge >= 0.3 is 0 Å². The summed E-state index contributed by atoms with van der Waals surface area (Å²) >= 11 is 0. The first kappa shape index (κ1) is 13.2. The Bertz CT molecular complexity index is 708. The zero-order valence-corrected chi connectivity index (χ0v) is 11.2. The van der Waals surface area contributed by atoms with Crippen molar-refractivity contribution in [3.63, 3.8) is 0 Å². The molecule has 108 valence electrons. The van der Waals surface area contributed by atoms with Crippen molar-refractivity contribution in [2.24, 2.45) is 5.73 Å². The number of amides is 2. The van der Waals surface area contributed by atoms with E-state index in [2.05, 4.69) is 10.4 Å². The lowest BCUT2D eigenvalue weighted by atomic mass is 10.1. The van der Waals surface area contributed by atoms with Crippen LogP contribution in [0.3, 0.4) is 0 Å². The molecule has 7 nitrogen and oxygen atoms in total. The predicted octanol–water partition coefficient (Wildman–Crippen LogP) is 1.02. The molecule has 1 aromatic carbocycles. The topological polar surface area (TPSA) is 99.2 Å². The molecular weight excluding hydrogens is 272 g/mol. The first-order valence-electron chi connectivity index (χ1n) is 6.55. The Hall–Kier alpha value is -2.83. The van der Waals surface area contributed by atoms with E-state index in [-0.39, 0.29) is 11.5 Å². The van der Waals surface area contributed by atoms with Crippen LogP contribution >= 0.6 is 0 Å². The number of para-hydroxylation sites is 1. The summed E-state index contributed by atoms with van der Waals surface area (Å²) in [6.07, 6.45) is 2.32. The molecular formula is C14H14N4O3. The largest absolute Gasteiger partial charge is 0.477 e. The maximum absolute atomic E-state index is 12.3. The number of fused-ring (bicyclic) bond motifs is 1. The zero-order chi connectivity index (χ0) is 14.8. The summed E-state index contributed by atoms with van der Waals surface area (Å²) in [4.78, 5) is 23.7. The van der Waals surface area contributed by atoms with E-state index >= 15 is 0 Å². The van der Waals surface area contributed by atoms with Gasteiger partial charge in [-0.15, -0.1) is 0 Å². The second-order valence-corrected chi connectivity index (χ2v) is 4.65. The zero-order valence-electron chi connectivity index (χ0n) is 11.2. The average molecular weight is 286 g/mol. The van der Waals surface area contributed by atoms with Crippen molar-refractivity contribution in [2.45, 2.75) is 13.0 Å². The maximum Gasteiger partial charge on any atom is 0.262 e. The van der Waals surface area contributed by atoms with Crippen LogP contribution in [0.25, 0.3) is 0 Å². The van der Waals surface area contributed by atoms with Crippen molar-refractivity contribution in [1.29, 1.82) is 0 Å². The van der Waals surface area contributed by atoms with Crippen molar-refractivity contribution in [1.82, 2.24) is 9.78 Å². The number of primary amides is 1. The summed E-state index contributed by atoms with van der Waals surface area (Å²) in [5.74, 6) is -0.527. The van der Waals surface area contributed by atoms with Crippen LogP contribution in [0.1, 0.15) is 27.1 Å². The van der Waals surface area contributed by atoms with Gasteiger partial charge in [-0.3, -0.25) is 9.59 Å². The van der Waals surface area contributed by atoms with Gasteiger partial charge in [-0.05, 0) is 12.1 Å². The molecule has 1 aromatic heterocycles. The number of hydrogen-bond donors (Lipinski definition) is 2. The smallest absolute Gasteiger partial charge is 0.262 e. The van der Waals surface area contributed by atoms with Crippen LogP contribution in [0.4, 0.5) is 5.69 Å². The minimum atomic E-state index is -0.598. The third-order valence-corrected chi connectivity index (χ3v) is 3.23. The summed E-state index contributed by atoms with van der Waals surface area (Å²) in [6, 6.07) is 6.57. The van der Waals surface area contributed by atoms with E-state index in [0.29, 0.717) is 23.7 Å². The third kappa shape index (κ3) is 2.45. The lowest BCUT2D eigenvalue weighted by Crippen LogP contribution is -2.20. The standard InChI is InChI=1S/C14H14N4O3/c15-12(19)9-4-1-2-5-11(9)17-13(20)10-8-16-18-6-3-7-21-14(10)18/h1-2,4-5,8H,3,6-7H2,(H2,15,19)(H,17,20). The van der Waals surface area contributed by atoms with E-state index < -0.39 is 5.91 Å². The Morgan fingerprint density at radius 1 is 1.29 bits per heavy atom. The van der Waals surface area contributed by atoms with E-state index in [1.165, 1.54) is 6.20 Å². The molecule has 21 heavy (non-hydrogen) atoms. The normalized spacial score (nSPS) is 13.1. The predicted molar refractivity (Wildman–Crippen MR) is 75.3 cm³/mol. The quantitative estimate of drug-likeness (QED) is 0.879. The number of ether oxygens (including phenoxy) is 1. The molecule has 0 unspecified atom stereocenters. The molecule has 2 aromatic rings. The van der Waals surface area contributed by atoms with E-state index in [1.54, 1.807) is 28.9 Å². The van der Waals surface area contributed by atoms with Crippen LogP contribution in [-0.2, 0) is 6.54 Å². The summed E-state index contributed by atoms with van der Waals surface area (Å²) < 4.78 is 7.13. The van der Waals surface area contributed by atoms with Gasteiger partial charge in [0.25, 0.3) is 11.8 Å². The summed E-state index contributed by atoms with van der Waals surface area (Å²) in [6.45, 7) is 1.28. The third-order valence-electron chi connectivity index (χ3n) is 3.23. The second-order valence-electron chi connectivity index (χ2n) is 4.65. The van der Waals surface area contributed by atoms with Crippen LogP contribution in [0.5, 0.6) is 5.88 Å². The highest BCUT2D eigenvalue weighted by molar-refractivity contribution is 6.09. The lowest BCUT2D eigenvalue weighted by molar-refractivity contribution is 0.100. The number of nitrogens with zero attached hydrogens (tertiary/aromatic N) is 2. The van der Waals surface area contributed by atoms with Gasteiger partial charge < -0.3 is 15.8 Å². The molecule has 1 aliphatic rings. The Morgan fingerprint density at radius 3 is 2.90 bits per heavy atom. The molecule has 2 amide bonds. The van der Waals surface area contributed by atoms with Gasteiger partial charge in [-0.2, -0.15) is 5.10 Å². The fourth-order valence-electron chi connectivity index (χ4n) is 2.22. The highest BCUT2D eigenvalue weighted by atomic mass is 16.5. The van der Waals surface area contributed by atoms with Crippen LogP contribution in [0.2, 0.25) is 0 Å². The first-order chi connectivity index (χ1) is 10.2. The Labute approximate surface area is 120 Å². The fraction of sp³-hybridized carbons (Fsp3) is 0.214. The van der Waals surface area contributed by atoms with E-state index in [1.807, 2.05) is 0 Å². The summed E-state index contributed by atoms with van der Waals surface area (Å²) in [5.41, 5.74) is 6.25. The van der Waals surface area contributed by atoms with Gasteiger partial charge in [0.1, 0.15) is 5.56 Å². The molecule has 0 bridgehead atoms. The summed E-state index contributed by atoms with van der Waals surface area (Å²) in [5, 5.41) is 6.79. The molecule has 0 spiro atoms. The molecule has 7 heteroatoms. The second kappa shape index (κ2) is 5.28. The van der Waals surface area contributed by atoms with Crippen molar-refractivity contribution in [2.75, 3.05) is 11.9 Å². The fourth-order valence-corrected chi connectivity index (χ4v) is 2.22. The van der Waals surface area contributed by atoms with Crippen molar-refractivity contribution in [3.8, 4) is 5.88 Å². The van der Waals surface area contributed by atoms with Gasteiger partial charge in [-0.1, -0.05) is 12.1 Å². The van der Waals surface area contributed by atoms with Gasteiger partial charge in [0.05, 0.1) is 24.1 Å². The lowest BCUT2D eigenvalue weighted by Gasteiger charge is -2.16. The Morgan fingerprint density at radius 2 is 2.10 bits per heavy atom. The molecule has 0 saturated heterocycles. The number of rotatable bonds is 3. The molecule has 0 fully saturated rings. The minimum Gasteiger partial charge on any atom is -0.477 e. The van der Waals surface area contributed by atoms with Crippen LogP contribution in [-0.4, -0.2) is 28.2 Å². The van der Waals surface area contributed by atoms with E-state index in [0.717, 1.165) is 13.0 Å². The van der Waals surface area contributed by atoms with Crippen LogP contribution < -0.4 is 15.8 Å². The summed E-state index contributed by atoms with van der Waals surface area (Å²) in [7, 11) is 0. The molecule has 0 saturated carbocycles. The Kier molecular flexibility index (Phi) is 3.31. The average Bonchev–Trinajstić information content (AvgIpc) is 2.91. The van der Waals surface area contributed by atoms with Gasteiger partial charge in [0.15, 0.2) is 0 Å². The molecule has 2 heterocycles. The van der Waals surface area contributed by atoms with E-state index in [4.69, 9.17) is 10.5 Å². The van der Waals surface area contributed by atoms with Crippen molar-refractivity contribution >= 4 is 17.5 Å². The molecule has 0 radical (unpaired) electrons. The van der Waals surface area contributed by atoms with Crippen LogP contribution in [0, 0.1) is 0 Å². The number of hydrogen-bond acceptors (Lipinski definition) is 4. The molecule has 3 N–H and O–H groups in total. The number of anilines is 1. The highest BCUT2D eigenvalue weighted by Gasteiger charge is 2.22. The molecule has 1 aliphatic heterocycles. The van der Waals surface area contributed by atoms with Gasteiger partial charge in [0.2, 0.25) is 5.88 Å². The van der Waals surface area contributed by atoms with Gasteiger partial charge in [-0.25, -0.2) is 4.68 Å². The SMILES string of the molecule is NC(=O)c1ccccc1NC(=O)c1cnn2c1OCCC2. The number of aryl methyl sites for hydroxylation is 1. The molecule has 0 aliphatic carbocycles. The van der Waals surface area contributed by atoms with E-state index in [9.17, 15) is 9.59 Å². The number of aromatic nitrogens is 2. The first-order valence-corrected chi connectivity index (χ1v) is 6.55. The van der Waals surface area contributed by atoms with Crippen molar-refractivity contribution in [3.05, 3.63) is 41.6 Å². The monoisotopic (exact) mass is 286 g/mol. The minimum absolute atomic E-state index is 0.257. The number of benzene rings is 1. The Balaban J connectivity index is 1.87. The maximum atomic E-state index is 12.3. The number of nitrogens with two attached hydrogens (primary N) is 1.